The van der Waals surface area contributed by atoms with Gasteiger partial charge in [0.15, 0.2) is 31.3 Å². The van der Waals surface area contributed by atoms with E-state index in [0.717, 1.165) is 38.0 Å². The first-order chi connectivity index (χ1) is 28.5. The van der Waals surface area contributed by atoms with Crippen LogP contribution in [0.2, 0.25) is 0 Å². The quantitative estimate of drug-likeness (QED) is 0.0357. The molecule has 0 saturated heterocycles. The van der Waals surface area contributed by atoms with Crippen molar-refractivity contribution in [2.75, 3.05) is 17.3 Å². The molecule has 0 aliphatic heterocycles. The molecule has 2 fully saturated rings. The zero-order valence-electron chi connectivity index (χ0n) is 38.5. The van der Waals surface area contributed by atoms with E-state index in [0.29, 0.717) is 31.1 Å². The van der Waals surface area contributed by atoms with Gasteiger partial charge in [-0.3, -0.25) is 9.59 Å². The standard InChI is InChI=1S/C22H40N2O6S.C22H38N2O5S/c1-5-14-31(27,28)16-19(23)24-30-21(26)18(15-20(25)29-22(2,3)4)13-9-12-17-10-7-6-8-11-17;1-5-14-30(26,27)16-19-23-21(29-24-19)18(15-20(25)28-22(2,3)4)13-9-12-17-10-7-6-8-11-17/h17-18H,5-16H2,1-4H3,(H2,23,24);17-18H,5-16H2,1-4H3/t2*18-/m11/s1. The Labute approximate surface area is 366 Å². The van der Waals surface area contributed by atoms with Gasteiger partial charge in [0.05, 0.1) is 30.3 Å². The smallest absolute Gasteiger partial charge is 0.338 e. The molecule has 61 heavy (non-hydrogen) atoms. The SMILES string of the molecule is CCCS(=O)(=O)C/C(N)=N/OC(=O)[C@H](CCCC1CCCCC1)CC(=O)OC(C)(C)C.CCCS(=O)(=O)Cc1noc([C@H](CCCC2CCCCC2)CC(=O)OC(C)(C)C)n1. The molecule has 2 aliphatic carbocycles. The summed E-state index contributed by atoms with van der Waals surface area (Å²) in [5.41, 5.74) is 4.42. The lowest BCUT2D eigenvalue weighted by Gasteiger charge is -2.23. The van der Waals surface area contributed by atoms with Gasteiger partial charge in [-0.25, -0.2) is 21.6 Å². The van der Waals surface area contributed by atoms with Crippen LogP contribution in [0.4, 0.5) is 0 Å². The Morgan fingerprint density at radius 1 is 0.754 bits per heavy atom. The van der Waals surface area contributed by atoms with E-state index in [9.17, 15) is 31.2 Å². The molecule has 0 radical (unpaired) electrons. The number of nitrogens with two attached hydrogens (primary N) is 1. The summed E-state index contributed by atoms with van der Waals surface area (Å²) < 4.78 is 64.0. The van der Waals surface area contributed by atoms with Crippen molar-refractivity contribution in [3.63, 3.8) is 0 Å². The second kappa shape index (κ2) is 26.5. The topological polar surface area (TPSA) is 224 Å². The fourth-order valence-corrected chi connectivity index (χ4v) is 10.5. The number of oxime groups is 1. The maximum Gasteiger partial charge on any atom is 0.338 e. The zero-order chi connectivity index (χ0) is 45.7. The number of amidine groups is 1. The van der Waals surface area contributed by atoms with Gasteiger partial charge in [-0.15, -0.1) is 0 Å². The molecular weight excluding hydrogens is 825 g/mol. The molecule has 0 unspecified atom stereocenters. The van der Waals surface area contributed by atoms with Gasteiger partial charge in [-0.2, -0.15) is 4.98 Å². The lowest BCUT2D eigenvalue weighted by atomic mass is 9.84. The summed E-state index contributed by atoms with van der Waals surface area (Å²) in [6, 6.07) is 0. The minimum absolute atomic E-state index is 0.0143. The average Bonchev–Trinajstić information content (AvgIpc) is 3.60. The Balaban J connectivity index is 0.000000420. The van der Waals surface area contributed by atoms with Crippen molar-refractivity contribution < 1.29 is 50.1 Å². The van der Waals surface area contributed by atoms with E-state index in [1.807, 2.05) is 27.7 Å². The third-order valence-electron chi connectivity index (χ3n) is 10.6. The van der Waals surface area contributed by atoms with E-state index in [-0.39, 0.29) is 53.6 Å². The van der Waals surface area contributed by atoms with Crippen LogP contribution in [0.15, 0.2) is 9.68 Å². The molecule has 0 amide bonds. The highest BCUT2D eigenvalue weighted by Crippen LogP contribution is 2.32. The van der Waals surface area contributed by atoms with Crippen LogP contribution in [0.1, 0.15) is 201 Å². The fraction of sp³-hybridized carbons (Fsp3) is 0.864. The third kappa shape index (κ3) is 25.0. The van der Waals surface area contributed by atoms with Crippen molar-refractivity contribution in [2.45, 2.75) is 207 Å². The van der Waals surface area contributed by atoms with Gasteiger partial charge in [-0.1, -0.05) is 114 Å². The number of esters is 2. The van der Waals surface area contributed by atoms with Crippen molar-refractivity contribution >= 4 is 43.4 Å². The Morgan fingerprint density at radius 2 is 1.25 bits per heavy atom. The predicted molar refractivity (Wildman–Crippen MR) is 237 cm³/mol. The Kier molecular flexibility index (Phi) is 23.5. The second-order valence-electron chi connectivity index (χ2n) is 19.1. The molecule has 1 heterocycles. The number of aromatic nitrogens is 2. The summed E-state index contributed by atoms with van der Waals surface area (Å²) in [4.78, 5) is 46.5. The van der Waals surface area contributed by atoms with Gasteiger partial charge in [-0.05, 0) is 79.1 Å². The summed E-state index contributed by atoms with van der Waals surface area (Å²) in [5.74, 6) is -1.38. The van der Waals surface area contributed by atoms with Gasteiger partial charge in [0.25, 0.3) is 0 Å². The van der Waals surface area contributed by atoms with Crippen LogP contribution in [0.25, 0.3) is 0 Å². The monoisotopic (exact) mass is 903 g/mol. The van der Waals surface area contributed by atoms with Crippen molar-refractivity contribution in [1.29, 1.82) is 0 Å². The highest BCUT2D eigenvalue weighted by molar-refractivity contribution is 7.92. The molecule has 2 aliphatic rings. The Hall–Kier alpha value is -3.08. The number of ether oxygens (including phenoxy) is 2. The molecule has 17 heteroatoms. The number of nitrogens with zero attached hydrogens (tertiary/aromatic N) is 3. The van der Waals surface area contributed by atoms with Crippen molar-refractivity contribution in [1.82, 2.24) is 10.1 Å². The van der Waals surface area contributed by atoms with Gasteiger partial charge in [0.2, 0.25) is 5.89 Å². The van der Waals surface area contributed by atoms with Gasteiger partial charge < -0.3 is 24.6 Å². The minimum Gasteiger partial charge on any atom is -0.460 e. The molecule has 1 aromatic rings. The molecule has 3 rings (SSSR count). The maximum atomic E-state index is 12.6. The Bertz CT molecular complexity index is 1720. The highest BCUT2D eigenvalue weighted by atomic mass is 32.2. The first-order valence-electron chi connectivity index (χ1n) is 22.7. The van der Waals surface area contributed by atoms with Crippen LogP contribution in [-0.4, -0.2) is 79.2 Å². The summed E-state index contributed by atoms with van der Waals surface area (Å²) >= 11 is 0. The van der Waals surface area contributed by atoms with Crippen molar-refractivity contribution in [2.24, 2.45) is 28.6 Å². The summed E-state index contributed by atoms with van der Waals surface area (Å²) in [6.45, 7) is 14.4. The number of carbonyl (C=O) groups excluding carboxylic acids is 3. The van der Waals surface area contributed by atoms with Crippen LogP contribution in [0, 0.1) is 17.8 Å². The highest BCUT2D eigenvalue weighted by Gasteiger charge is 2.29. The number of carbonyl (C=O) groups is 3. The van der Waals surface area contributed by atoms with E-state index >= 15 is 0 Å². The number of sulfone groups is 2. The second-order valence-corrected chi connectivity index (χ2v) is 23.4. The molecule has 2 N–H and O–H groups in total. The number of hydrogen-bond acceptors (Lipinski definition) is 14. The fourth-order valence-electron chi connectivity index (χ4n) is 7.93. The van der Waals surface area contributed by atoms with E-state index in [1.165, 1.54) is 64.2 Å². The molecule has 0 aromatic carbocycles. The number of hydrogen-bond donors (Lipinski definition) is 1. The summed E-state index contributed by atoms with van der Waals surface area (Å²) in [7, 11) is -6.64. The summed E-state index contributed by atoms with van der Waals surface area (Å²) in [6.07, 6.45) is 19.0. The van der Waals surface area contributed by atoms with E-state index in [1.54, 1.807) is 27.7 Å². The van der Waals surface area contributed by atoms with E-state index < -0.39 is 54.5 Å². The van der Waals surface area contributed by atoms with Crippen LogP contribution in [0.3, 0.4) is 0 Å². The average molecular weight is 903 g/mol. The molecule has 352 valence electrons. The largest absolute Gasteiger partial charge is 0.460 e. The summed E-state index contributed by atoms with van der Waals surface area (Å²) in [5, 5.41) is 7.37. The molecule has 0 spiro atoms. The third-order valence-corrected chi connectivity index (χ3v) is 14.1. The van der Waals surface area contributed by atoms with Crippen LogP contribution >= 0.6 is 0 Å². The lowest BCUT2D eigenvalue weighted by Crippen LogP contribution is -2.29. The molecule has 15 nitrogen and oxygen atoms in total. The molecular formula is C44H78N4O11S2. The minimum atomic E-state index is -3.39. The number of rotatable bonds is 23. The van der Waals surface area contributed by atoms with Crippen LogP contribution < -0.4 is 5.73 Å². The van der Waals surface area contributed by atoms with Crippen molar-refractivity contribution in [3.8, 4) is 0 Å². The van der Waals surface area contributed by atoms with Gasteiger partial charge >= 0.3 is 17.9 Å². The first kappa shape index (κ1) is 54.1. The maximum absolute atomic E-state index is 12.6. The van der Waals surface area contributed by atoms with Gasteiger partial charge in [0.1, 0.15) is 22.7 Å². The normalized spacial score (nSPS) is 17.1. The lowest BCUT2D eigenvalue weighted by molar-refractivity contribution is -0.161. The Morgan fingerprint density at radius 3 is 1.75 bits per heavy atom. The van der Waals surface area contributed by atoms with Gasteiger partial charge in [0, 0.05) is 5.92 Å². The molecule has 0 bridgehead atoms. The molecule has 1 aromatic heterocycles. The molecule has 2 atom stereocenters. The van der Waals surface area contributed by atoms with Crippen LogP contribution in [-0.2, 0) is 54.1 Å². The van der Waals surface area contributed by atoms with Crippen LogP contribution in [0.5, 0.6) is 0 Å². The van der Waals surface area contributed by atoms with Crippen molar-refractivity contribution in [3.05, 3.63) is 11.7 Å². The van der Waals surface area contributed by atoms with E-state index in [4.69, 9.17) is 24.6 Å². The molecule has 2 saturated carbocycles. The first-order valence-corrected chi connectivity index (χ1v) is 26.3. The predicted octanol–water partition coefficient (Wildman–Crippen LogP) is 8.69. The van der Waals surface area contributed by atoms with E-state index in [2.05, 4.69) is 15.3 Å². The zero-order valence-corrected chi connectivity index (χ0v) is 40.1.